The van der Waals surface area contributed by atoms with E-state index in [9.17, 15) is 4.79 Å². The highest BCUT2D eigenvalue weighted by molar-refractivity contribution is 5.87. The van der Waals surface area contributed by atoms with E-state index in [2.05, 4.69) is 19.0 Å². The maximum absolute atomic E-state index is 12.5. The van der Waals surface area contributed by atoms with Gasteiger partial charge in [0.05, 0.1) is 5.71 Å². The lowest BCUT2D eigenvalue weighted by Crippen LogP contribution is -2.53. The molecule has 4 aliphatic rings. The van der Waals surface area contributed by atoms with Crippen molar-refractivity contribution in [1.29, 1.82) is 0 Å². The molecule has 6 atom stereocenters. The second kappa shape index (κ2) is 6.57. The molecule has 0 aromatic carbocycles. The fraction of sp³-hybridized carbons (Fsp3) is 0.913. The van der Waals surface area contributed by atoms with Gasteiger partial charge in [0, 0.05) is 17.4 Å². The van der Waals surface area contributed by atoms with Crippen LogP contribution in [0.1, 0.15) is 85.5 Å². The number of fused-ring (bicyclic) bond motifs is 5. The zero-order valence-corrected chi connectivity index (χ0v) is 17.7. The third-order valence-electron chi connectivity index (χ3n) is 8.84. The zero-order chi connectivity index (χ0) is 19.4. The predicted molar refractivity (Wildman–Crippen MR) is 108 cm³/mol. The molecule has 152 valence electrons. The van der Waals surface area contributed by atoms with Gasteiger partial charge in [0.25, 0.3) is 0 Å². The SMILES string of the molecule is CC(C)(N)CO/N=C1\CC[C@@]2(C)C(CCC3C2CC[C@]2(C)C(=O)CCC32)C1. The van der Waals surface area contributed by atoms with Crippen LogP contribution in [0.25, 0.3) is 0 Å². The van der Waals surface area contributed by atoms with Crippen molar-refractivity contribution in [3.63, 3.8) is 0 Å². The smallest absolute Gasteiger partial charge is 0.139 e. The molecule has 0 aromatic rings. The van der Waals surface area contributed by atoms with E-state index < -0.39 is 0 Å². The van der Waals surface area contributed by atoms with Crippen LogP contribution in [0.15, 0.2) is 5.16 Å². The number of hydrogen-bond acceptors (Lipinski definition) is 4. The quantitative estimate of drug-likeness (QED) is 0.728. The lowest BCUT2D eigenvalue weighted by atomic mass is 9.45. The van der Waals surface area contributed by atoms with Gasteiger partial charge in [-0.25, -0.2) is 0 Å². The normalized spacial score (nSPS) is 46.0. The topological polar surface area (TPSA) is 64.7 Å². The van der Waals surface area contributed by atoms with Crippen LogP contribution in [0, 0.1) is 34.5 Å². The second-order valence-corrected chi connectivity index (χ2v) is 11.2. The summed E-state index contributed by atoms with van der Waals surface area (Å²) >= 11 is 0. The molecule has 0 heterocycles. The number of Topliss-reactive ketones (excluding diaryl/α,β-unsaturated/α-hetero) is 1. The Morgan fingerprint density at radius 1 is 1.11 bits per heavy atom. The Hall–Kier alpha value is -0.900. The van der Waals surface area contributed by atoms with Crippen LogP contribution in [0.3, 0.4) is 0 Å². The summed E-state index contributed by atoms with van der Waals surface area (Å²) in [5.74, 6) is 3.49. The van der Waals surface area contributed by atoms with E-state index in [1.807, 2.05) is 13.8 Å². The average molecular weight is 375 g/mol. The number of oxime groups is 1. The van der Waals surface area contributed by atoms with E-state index in [0.717, 1.165) is 49.9 Å². The van der Waals surface area contributed by atoms with E-state index in [1.165, 1.54) is 31.4 Å². The van der Waals surface area contributed by atoms with Crippen LogP contribution in [0.4, 0.5) is 0 Å². The Balaban J connectivity index is 1.46. The molecular weight excluding hydrogens is 336 g/mol. The summed E-state index contributed by atoms with van der Waals surface area (Å²) in [6, 6.07) is 0. The Labute approximate surface area is 164 Å². The molecule has 0 amide bonds. The lowest BCUT2D eigenvalue weighted by molar-refractivity contribution is -0.137. The fourth-order valence-corrected chi connectivity index (χ4v) is 7.20. The highest BCUT2D eigenvalue weighted by Crippen LogP contribution is 2.65. The van der Waals surface area contributed by atoms with Gasteiger partial charge >= 0.3 is 0 Å². The van der Waals surface area contributed by atoms with Gasteiger partial charge < -0.3 is 10.6 Å². The molecule has 0 bridgehead atoms. The molecule has 0 spiro atoms. The maximum Gasteiger partial charge on any atom is 0.139 e. The molecule has 0 aromatic heterocycles. The first-order valence-electron chi connectivity index (χ1n) is 11.1. The third kappa shape index (κ3) is 3.26. The first-order chi connectivity index (χ1) is 12.6. The fourth-order valence-electron chi connectivity index (χ4n) is 7.20. The van der Waals surface area contributed by atoms with Crippen molar-refractivity contribution in [3.05, 3.63) is 0 Å². The summed E-state index contributed by atoms with van der Waals surface area (Å²) in [4.78, 5) is 18.1. The Kier molecular flexibility index (Phi) is 4.73. The molecule has 4 fully saturated rings. The number of nitrogens with two attached hydrogens (primary N) is 1. The third-order valence-corrected chi connectivity index (χ3v) is 8.84. The monoisotopic (exact) mass is 374 g/mol. The van der Waals surface area contributed by atoms with Gasteiger partial charge in [-0.2, -0.15) is 0 Å². The number of carbonyl (C=O) groups is 1. The van der Waals surface area contributed by atoms with E-state index in [1.54, 1.807) is 0 Å². The molecule has 2 N–H and O–H groups in total. The van der Waals surface area contributed by atoms with Crippen LogP contribution in [-0.2, 0) is 9.63 Å². The van der Waals surface area contributed by atoms with Gasteiger partial charge in [0.1, 0.15) is 12.4 Å². The van der Waals surface area contributed by atoms with Crippen molar-refractivity contribution < 1.29 is 9.63 Å². The Morgan fingerprint density at radius 3 is 2.63 bits per heavy atom. The largest absolute Gasteiger partial charge is 0.394 e. The Morgan fingerprint density at radius 2 is 1.89 bits per heavy atom. The van der Waals surface area contributed by atoms with Crippen molar-refractivity contribution in [1.82, 2.24) is 0 Å². The van der Waals surface area contributed by atoms with E-state index in [4.69, 9.17) is 10.6 Å². The first-order valence-corrected chi connectivity index (χ1v) is 11.1. The van der Waals surface area contributed by atoms with Crippen molar-refractivity contribution in [2.24, 2.45) is 45.4 Å². The molecule has 4 unspecified atom stereocenters. The van der Waals surface area contributed by atoms with Crippen molar-refractivity contribution in [2.45, 2.75) is 91.0 Å². The highest BCUT2D eigenvalue weighted by atomic mass is 16.6. The van der Waals surface area contributed by atoms with Gasteiger partial charge in [-0.15, -0.1) is 0 Å². The molecule has 4 rings (SSSR count). The average Bonchev–Trinajstić information content (AvgIpc) is 2.89. The molecule has 4 nitrogen and oxygen atoms in total. The summed E-state index contributed by atoms with van der Waals surface area (Å²) in [6.07, 6.45) is 10.3. The molecule has 4 aliphatic carbocycles. The van der Waals surface area contributed by atoms with Crippen LogP contribution in [0.2, 0.25) is 0 Å². The standard InChI is InChI=1S/C23H38N2O2/c1-21(2,24)14-27-25-16-9-11-22(3)15(13-16)5-6-17-18-7-8-20(26)23(18,4)12-10-19(17)22/h15,17-19H,5-14,24H2,1-4H3/b25-16+/t15?,17?,18?,19?,22-,23-/m0/s1. The minimum atomic E-state index is -0.335. The van der Waals surface area contributed by atoms with Gasteiger partial charge in [-0.1, -0.05) is 19.0 Å². The van der Waals surface area contributed by atoms with Crippen LogP contribution in [0.5, 0.6) is 0 Å². The van der Waals surface area contributed by atoms with Gasteiger partial charge in [0.2, 0.25) is 0 Å². The molecule has 4 saturated carbocycles. The van der Waals surface area contributed by atoms with E-state index >= 15 is 0 Å². The number of hydrogen-bond donors (Lipinski definition) is 1. The summed E-state index contributed by atoms with van der Waals surface area (Å²) in [5, 5.41) is 4.46. The Bertz CT molecular complexity index is 637. The van der Waals surface area contributed by atoms with Crippen LogP contribution < -0.4 is 5.73 Å². The minimum absolute atomic E-state index is 0.00544. The maximum atomic E-state index is 12.5. The lowest BCUT2D eigenvalue weighted by Gasteiger charge is -2.59. The summed E-state index contributed by atoms with van der Waals surface area (Å²) in [7, 11) is 0. The summed E-state index contributed by atoms with van der Waals surface area (Å²) in [6.45, 7) is 9.24. The molecule has 27 heavy (non-hydrogen) atoms. The van der Waals surface area contributed by atoms with Crippen molar-refractivity contribution in [3.8, 4) is 0 Å². The number of carbonyl (C=O) groups excluding carboxylic acids is 1. The second-order valence-electron chi connectivity index (χ2n) is 11.2. The van der Waals surface area contributed by atoms with Gasteiger partial charge in [0.15, 0.2) is 0 Å². The van der Waals surface area contributed by atoms with Crippen molar-refractivity contribution in [2.75, 3.05) is 6.61 Å². The van der Waals surface area contributed by atoms with Gasteiger partial charge in [-0.05, 0) is 94.3 Å². The van der Waals surface area contributed by atoms with Crippen LogP contribution >= 0.6 is 0 Å². The molecule has 4 heteroatoms. The summed E-state index contributed by atoms with van der Waals surface area (Å²) < 4.78 is 0. The van der Waals surface area contributed by atoms with Crippen LogP contribution in [-0.4, -0.2) is 23.6 Å². The predicted octanol–water partition coefficient (Wildman–Crippen LogP) is 4.71. The zero-order valence-electron chi connectivity index (χ0n) is 17.7. The summed E-state index contributed by atoms with van der Waals surface area (Å²) in [5.41, 5.74) is 7.31. The van der Waals surface area contributed by atoms with Crippen molar-refractivity contribution >= 4 is 11.5 Å². The molecule has 0 aliphatic heterocycles. The molecule has 0 radical (unpaired) electrons. The van der Waals surface area contributed by atoms with E-state index in [0.29, 0.717) is 23.7 Å². The van der Waals surface area contributed by atoms with E-state index in [-0.39, 0.29) is 11.0 Å². The van der Waals surface area contributed by atoms with Gasteiger partial charge in [-0.3, -0.25) is 4.79 Å². The molecular formula is C23H38N2O2. The number of ketones is 1. The highest BCUT2D eigenvalue weighted by Gasteiger charge is 2.60. The first kappa shape index (κ1) is 19.4. The number of rotatable bonds is 3. The number of nitrogens with zero attached hydrogens (tertiary/aromatic N) is 1. The minimum Gasteiger partial charge on any atom is -0.394 e. The molecule has 0 saturated heterocycles.